The monoisotopic (exact) mass is 293 g/mol. The summed E-state index contributed by atoms with van der Waals surface area (Å²) < 4.78 is 12.8. The van der Waals surface area contributed by atoms with Gasteiger partial charge in [-0.3, -0.25) is 9.59 Å². The van der Waals surface area contributed by atoms with Crippen molar-refractivity contribution < 1.29 is 19.1 Å². The summed E-state index contributed by atoms with van der Waals surface area (Å²) in [6.07, 6.45) is 2.18. The van der Waals surface area contributed by atoms with Crippen LogP contribution in [0.15, 0.2) is 24.3 Å². The normalized spacial score (nSPS) is 22.1. The molecule has 1 heterocycles. The van der Waals surface area contributed by atoms with E-state index in [9.17, 15) is 19.1 Å². The lowest BCUT2D eigenvalue weighted by Gasteiger charge is -2.37. The first-order valence-corrected chi connectivity index (χ1v) is 7.16. The van der Waals surface area contributed by atoms with Gasteiger partial charge in [0.15, 0.2) is 0 Å². The Morgan fingerprint density at radius 1 is 1.33 bits per heavy atom. The molecule has 0 bridgehead atoms. The molecule has 1 amide bonds. The van der Waals surface area contributed by atoms with Crippen LogP contribution < -0.4 is 0 Å². The van der Waals surface area contributed by atoms with E-state index in [2.05, 4.69) is 0 Å². The van der Waals surface area contributed by atoms with Gasteiger partial charge in [-0.25, -0.2) is 4.39 Å². The Balaban J connectivity index is 1.91. The molecule has 1 aromatic carbocycles. The number of hydrogen-bond acceptors (Lipinski definition) is 2. The van der Waals surface area contributed by atoms with Crippen LogP contribution in [-0.4, -0.2) is 35.0 Å². The number of rotatable bonds is 4. The van der Waals surface area contributed by atoms with Crippen LogP contribution in [-0.2, 0) is 16.0 Å². The molecule has 0 aliphatic carbocycles. The van der Waals surface area contributed by atoms with Gasteiger partial charge in [0, 0.05) is 19.5 Å². The molecule has 4 nitrogen and oxygen atoms in total. The zero-order valence-corrected chi connectivity index (χ0v) is 12.1. The molecule has 21 heavy (non-hydrogen) atoms. The van der Waals surface area contributed by atoms with Crippen molar-refractivity contribution in [2.45, 2.75) is 32.6 Å². The number of benzene rings is 1. The standard InChI is InChI=1S/C16H20FNO3/c1-16(15(20)21)9-2-10-18(11-16)14(19)8-5-12-3-6-13(17)7-4-12/h3-4,6-7H,2,5,8-11H2,1H3,(H,20,21). The van der Waals surface area contributed by atoms with Gasteiger partial charge in [-0.05, 0) is 43.9 Å². The Bertz CT molecular complexity index is 529. The number of hydrogen-bond donors (Lipinski definition) is 1. The summed E-state index contributed by atoms with van der Waals surface area (Å²) in [4.78, 5) is 25.1. The molecule has 0 saturated carbocycles. The van der Waals surface area contributed by atoms with Crippen molar-refractivity contribution in [3.8, 4) is 0 Å². The Kier molecular flexibility index (Phi) is 4.60. The van der Waals surface area contributed by atoms with Gasteiger partial charge in [-0.1, -0.05) is 12.1 Å². The Labute approximate surface area is 123 Å². The largest absolute Gasteiger partial charge is 0.481 e. The van der Waals surface area contributed by atoms with Gasteiger partial charge in [-0.2, -0.15) is 0 Å². The van der Waals surface area contributed by atoms with Gasteiger partial charge in [0.1, 0.15) is 5.82 Å². The van der Waals surface area contributed by atoms with Gasteiger partial charge in [-0.15, -0.1) is 0 Å². The molecular formula is C16H20FNO3. The van der Waals surface area contributed by atoms with Gasteiger partial charge in [0.2, 0.25) is 5.91 Å². The minimum absolute atomic E-state index is 0.0356. The zero-order chi connectivity index (χ0) is 15.5. The van der Waals surface area contributed by atoms with Crippen molar-refractivity contribution in [2.24, 2.45) is 5.41 Å². The summed E-state index contributed by atoms with van der Waals surface area (Å²) in [7, 11) is 0. The van der Waals surface area contributed by atoms with Crippen molar-refractivity contribution in [3.05, 3.63) is 35.6 Å². The molecule has 0 radical (unpaired) electrons. The fourth-order valence-corrected chi connectivity index (χ4v) is 2.69. The molecule has 5 heteroatoms. The van der Waals surface area contributed by atoms with E-state index in [4.69, 9.17) is 0 Å². The van der Waals surface area contributed by atoms with Crippen molar-refractivity contribution in [3.63, 3.8) is 0 Å². The van der Waals surface area contributed by atoms with Gasteiger partial charge in [0.25, 0.3) is 0 Å². The van der Waals surface area contributed by atoms with Crippen LogP contribution in [0.25, 0.3) is 0 Å². The molecule has 1 unspecified atom stereocenters. The van der Waals surface area contributed by atoms with Crippen LogP contribution in [0.3, 0.4) is 0 Å². The van der Waals surface area contributed by atoms with Crippen LogP contribution in [0.1, 0.15) is 31.7 Å². The summed E-state index contributed by atoms with van der Waals surface area (Å²) in [6.45, 7) is 2.57. The smallest absolute Gasteiger partial charge is 0.311 e. The minimum Gasteiger partial charge on any atom is -0.481 e. The topological polar surface area (TPSA) is 57.6 Å². The van der Waals surface area contributed by atoms with E-state index in [0.717, 1.165) is 5.56 Å². The molecule has 1 N–H and O–H groups in total. The van der Waals surface area contributed by atoms with E-state index in [0.29, 0.717) is 32.2 Å². The first-order chi connectivity index (χ1) is 9.90. The lowest BCUT2D eigenvalue weighted by Crippen LogP contribution is -2.48. The number of carboxylic acids is 1. The average Bonchev–Trinajstić information content (AvgIpc) is 2.46. The average molecular weight is 293 g/mol. The summed E-state index contributed by atoms with van der Waals surface area (Å²) in [5.41, 5.74) is 0.0619. The van der Waals surface area contributed by atoms with E-state index in [1.54, 1.807) is 24.0 Å². The number of halogens is 1. The number of amides is 1. The molecule has 2 rings (SSSR count). The lowest BCUT2D eigenvalue weighted by atomic mass is 9.82. The maximum absolute atomic E-state index is 12.8. The van der Waals surface area contributed by atoms with E-state index < -0.39 is 11.4 Å². The number of aliphatic carboxylic acids is 1. The van der Waals surface area contributed by atoms with E-state index in [-0.39, 0.29) is 18.3 Å². The van der Waals surface area contributed by atoms with Crippen LogP contribution in [0.4, 0.5) is 4.39 Å². The Morgan fingerprint density at radius 2 is 2.00 bits per heavy atom. The molecule has 1 aromatic rings. The number of carboxylic acid groups (broad SMARTS) is 1. The quantitative estimate of drug-likeness (QED) is 0.927. The number of carbonyl (C=O) groups is 2. The molecule has 0 aromatic heterocycles. The van der Waals surface area contributed by atoms with Crippen LogP contribution in [0, 0.1) is 11.2 Å². The molecular weight excluding hydrogens is 273 g/mol. The summed E-state index contributed by atoms with van der Waals surface area (Å²) >= 11 is 0. The van der Waals surface area contributed by atoms with Gasteiger partial charge >= 0.3 is 5.97 Å². The summed E-state index contributed by atoms with van der Waals surface area (Å²) in [5.74, 6) is -1.18. The van der Waals surface area contributed by atoms with E-state index >= 15 is 0 Å². The second kappa shape index (κ2) is 6.24. The molecule has 1 saturated heterocycles. The number of piperidine rings is 1. The second-order valence-electron chi connectivity index (χ2n) is 5.91. The Hall–Kier alpha value is -1.91. The zero-order valence-electron chi connectivity index (χ0n) is 12.1. The fourth-order valence-electron chi connectivity index (χ4n) is 2.69. The SMILES string of the molecule is CC1(C(=O)O)CCCN(C(=O)CCc2ccc(F)cc2)C1. The number of aryl methyl sites for hydroxylation is 1. The number of carbonyl (C=O) groups excluding carboxylic acids is 1. The first kappa shape index (κ1) is 15.5. The predicted octanol–water partition coefficient (Wildman–Crippen LogP) is 2.47. The van der Waals surface area contributed by atoms with Gasteiger partial charge < -0.3 is 10.0 Å². The maximum atomic E-state index is 12.8. The molecule has 1 atom stereocenters. The van der Waals surface area contributed by atoms with Crippen LogP contribution >= 0.6 is 0 Å². The predicted molar refractivity (Wildman–Crippen MR) is 76.3 cm³/mol. The third-order valence-electron chi connectivity index (χ3n) is 4.11. The van der Waals surface area contributed by atoms with Crippen LogP contribution in [0.2, 0.25) is 0 Å². The van der Waals surface area contributed by atoms with Crippen molar-refractivity contribution >= 4 is 11.9 Å². The highest BCUT2D eigenvalue weighted by Gasteiger charge is 2.39. The van der Waals surface area contributed by atoms with Gasteiger partial charge in [0.05, 0.1) is 5.41 Å². The molecule has 0 spiro atoms. The van der Waals surface area contributed by atoms with Crippen molar-refractivity contribution in [2.75, 3.05) is 13.1 Å². The molecule has 1 fully saturated rings. The third kappa shape index (κ3) is 3.80. The van der Waals surface area contributed by atoms with Crippen molar-refractivity contribution in [1.29, 1.82) is 0 Å². The minimum atomic E-state index is -0.849. The van der Waals surface area contributed by atoms with E-state index in [1.807, 2.05) is 0 Å². The van der Waals surface area contributed by atoms with E-state index in [1.165, 1.54) is 12.1 Å². The molecule has 1 aliphatic rings. The lowest BCUT2D eigenvalue weighted by molar-refractivity contribution is -0.153. The number of likely N-dealkylation sites (tertiary alicyclic amines) is 1. The highest BCUT2D eigenvalue weighted by Crippen LogP contribution is 2.30. The van der Waals surface area contributed by atoms with Crippen LogP contribution in [0.5, 0.6) is 0 Å². The summed E-state index contributed by atoms with van der Waals surface area (Å²) in [5, 5.41) is 9.26. The number of nitrogens with zero attached hydrogens (tertiary/aromatic N) is 1. The highest BCUT2D eigenvalue weighted by molar-refractivity contribution is 5.79. The summed E-state index contributed by atoms with van der Waals surface area (Å²) in [6, 6.07) is 6.09. The van der Waals surface area contributed by atoms with Crippen molar-refractivity contribution in [1.82, 2.24) is 4.90 Å². The molecule has 1 aliphatic heterocycles. The highest BCUT2D eigenvalue weighted by atomic mass is 19.1. The second-order valence-corrected chi connectivity index (χ2v) is 5.91. The molecule has 114 valence electrons. The maximum Gasteiger partial charge on any atom is 0.311 e. The first-order valence-electron chi connectivity index (χ1n) is 7.16. The fraction of sp³-hybridized carbons (Fsp3) is 0.500. The third-order valence-corrected chi connectivity index (χ3v) is 4.11. The Morgan fingerprint density at radius 3 is 2.62 bits per heavy atom.